The minimum absolute atomic E-state index is 0.488. The molecule has 18 heavy (non-hydrogen) atoms. The van der Waals surface area contributed by atoms with Crippen molar-refractivity contribution in [2.24, 2.45) is 11.8 Å². The molecule has 0 unspecified atom stereocenters. The van der Waals surface area contributed by atoms with Crippen LogP contribution in [0.3, 0.4) is 0 Å². The molecule has 0 aromatic carbocycles. The molecule has 0 aliphatic carbocycles. The van der Waals surface area contributed by atoms with Crippen molar-refractivity contribution in [2.75, 3.05) is 13.1 Å². The molecule has 3 heteroatoms. The standard InChI is InChI=1S/C15H29N3/c1-12(2)8-17(9-13(3)4)10-15-7-16-11-18(15)14(5)6/h7,11-14H,8-10H2,1-6H3. The molecular formula is C15H29N3. The number of hydrogen-bond acceptors (Lipinski definition) is 2. The van der Waals surface area contributed by atoms with Crippen LogP contribution >= 0.6 is 0 Å². The number of imidazole rings is 1. The molecule has 0 amide bonds. The maximum absolute atomic E-state index is 4.29. The molecule has 0 radical (unpaired) electrons. The van der Waals surface area contributed by atoms with Crippen LogP contribution < -0.4 is 0 Å². The molecular weight excluding hydrogens is 222 g/mol. The molecule has 0 bridgehead atoms. The van der Waals surface area contributed by atoms with Gasteiger partial charge in [-0.1, -0.05) is 27.7 Å². The summed E-state index contributed by atoms with van der Waals surface area (Å²) in [4.78, 5) is 6.84. The fraction of sp³-hybridized carbons (Fsp3) is 0.800. The van der Waals surface area contributed by atoms with Gasteiger partial charge in [0.15, 0.2) is 0 Å². The van der Waals surface area contributed by atoms with Crippen LogP contribution in [0.1, 0.15) is 53.3 Å². The van der Waals surface area contributed by atoms with E-state index in [1.807, 2.05) is 12.5 Å². The average Bonchev–Trinajstić information content (AvgIpc) is 2.63. The Balaban J connectivity index is 2.72. The van der Waals surface area contributed by atoms with E-state index in [9.17, 15) is 0 Å². The molecule has 0 saturated carbocycles. The number of rotatable bonds is 7. The highest BCUT2D eigenvalue weighted by Crippen LogP contribution is 2.13. The van der Waals surface area contributed by atoms with Crippen LogP contribution in [0.2, 0.25) is 0 Å². The van der Waals surface area contributed by atoms with Gasteiger partial charge in [-0.05, 0) is 25.7 Å². The third-order valence-electron chi connectivity index (χ3n) is 2.93. The lowest BCUT2D eigenvalue weighted by atomic mass is 10.1. The molecule has 104 valence electrons. The number of nitrogens with zero attached hydrogens (tertiary/aromatic N) is 3. The second kappa shape index (κ2) is 6.93. The summed E-state index contributed by atoms with van der Waals surface area (Å²) in [5.74, 6) is 1.42. The van der Waals surface area contributed by atoms with Gasteiger partial charge in [-0.15, -0.1) is 0 Å². The molecule has 0 saturated heterocycles. The average molecular weight is 251 g/mol. The number of hydrogen-bond donors (Lipinski definition) is 0. The van der Waals surface area contributed by atoms with E-state index in [2.05, 4.69) is 56.0 Å². The molecule has 1 aromatic heterocycles. The van der Waals surface area contributed by atoms with Crippen molar-refractivity contribution in [3.63, 3.8) is 0 Å². The van der Waals surface area contributed by atoms with Gasteiger partial charge in [0.05, 0.1) is 12.0 Å². The topological polar surface area (TPSA) is 21.1 Å². The molecule has 0 fully saturated rings. The van der Waals surface area contributed by atoms with Crippen LogP contribution in [-0.4, -0.2) is 27.5 Å². The number of aromatic nitrogens is 2. The maximum atomic E-state index is 4.29. The first kappa shape index (κ1) is 15.2. The molecule has 3 nitrogen and oxygen atoms in total. The van der Waals surface area contributed by atoms with Crippen molar-refractivity contribution in [1.29, 1.82) is 0 Å². The van der Waals surface area contributed by atoms with Crippen LogP contribution in [0.4, 0.5) is 0 Å². The Labute approximate surface area is 112 Å². The molecule has 1 aromatic rings. The lowest BCUT2D eigenvalue weighted by Gasteiger charge is -2.26. The second-order valence-corrected chi connectivity index (χ2v) is 6.37. The van der Waals surface area contributed by atoms with Crippen molar-refractivity contribution in [1.82, 2.24) is 14.5 Å². The maximum Gasteiger partial charge on any atom is 0.0951 e. The molecule has 0 atom stereocenters. The van der Waals surface area contributed by atoms with Gasteiger partial charge in [0.25, 0.3) is 0 Å². The van der Waals surface area contributed by atoms with Gasteiger partial charge < -0.3 is 4.57 Å². The summed E-state index contributed by atoms with van der Waals surface area (Å²) in [6.07, 6.45) is 3.95. The summed E-state index contributed by atoms with van der Waals surface area (Å²) < 4.78 is 2.27. The van der Waals surface area contributed by atoms with E-state index in [0.29, 0.717) is 17.9 Å². The Morgan fingerprint density at radius 2 is 1.61 bits per heavy atom. The Hall–Kier alpha value is -0.830. The summed E-state index contributed by atoms with van der Waals surface area (Å²) in [5, 5.41) is 0. The van der Waals surface area contributed by atoms with Crippen LogP contribution in [0.5, 0.6) is 0 Å². The third kappa shape index (κ3) is 4.81. The van der Waals surface area contributed by atoms with E-state index in [4.69, 9.17) is 0 Å². The third-order valence-corrected chi connectivity index (χ3v) is 2.93. The van der Waals surface area contributed by atoms with E-state index >= 15 is 0 Å². The van der Waals surface area contributed by atoms with E-state index in [-0.39, 0.29) is 0 Å². The van der Waals surface area contributed by atoms with E-state index in [1.54, 1.807) is 0 Å². The Bertz CT molecular complexity index is 329. The summed E-state index contributed by atoms with van der Waals surface area (Å²) in [7, 11) is 0. The molecule has 1 heterocycles. The normalized spacial score (nSPS) is 12.3. The Morgan fingerprint density at radius 3 is 2.06 bits per heavy atom. The van der Waals surface area contributed by atoms with Crippen molar-refractivity contribution in [3.05, 3.63) is 18.2 Å². The predicted octanol–water partition coefficient (Wildman–Crippen LogP) is 3.58. The lowest BCUT2D eigenvalue weighted by molar-refractivity contribution is 0.206. The zero-order valence-corrected chi connectivity index (χ0v) is 12.8. The van der Waals surface area contributed by atoms with Gasteiger partial charge in [0.1, 0.15) is 0 Å². The minimum atomic E-state index is 0.488. The Kier molecular flexibility index (Phi) is 5.86. The van der Waals surface area contributed by atoms with Gasteiger partial charge in [-0.3, -0.25) is 4.90 Å². The molecule has 1 rings (SSSR count). The van der Waals surface area contributed by atoms with Gasteiger partial charge in [0, 0.05) is 31.9 Å². The minimum Gasteiger partial charge on any atom is -0.331 e. The van der Waals surface area contributed by atoms with Crippen molar-refractivity contribution >= 4 is 0 Å². The predicted molar refractivity (Wildman–Crippen MR) is 77.6 cm³/mol. The van der Waals surface area contributed by atoms with Crippen LogP contribution in [0.15, 0.2) is 12.5 Å². The van der Waals surface area contributed by atoms with E-state index in [1.165, 1.54) is 5.69 Å². The Morgan fingerprint density at radius 1 is 1.06 bits per heavy atom. The first-order chi connectivity index (χ1) is 8.40. The second-order valence-electron chi connectivity index (χ2n) is 6.37. The summed E-state index contributed by atoms with van der Waals surface area (Å²) >= 11 is 0. The zero-order chi connectivity index (χ0) is 13.7. The quantitative estimate of drug-likeness (QED) is 0.738. The molecule has 0 spiro atoms. The van der Waals surface area contributed by atoms with Crippen molar-refractivity contribution in [3.8, 4) is 0 Å². The first-order valence-corrected chi connectivity index (χ1v) is 7.13. The van der Waals surface area contributed by atoms with Gasteiger partial charge in [-0.25, -0.2) is 4.98 Å². The van der Waals surface area contributed by atoms with Crippen molar-refractivity contribution in [2.45, 2.75) is 54.1 Å². The molecule has 0 aliphatic heterocycles. The first-order valence-electron chi connectivity index (χ1n) is 7.13. The summed E-state index contributed by atoms with van der Waals surface area (Å²) in [5.41, 5.74) is 1.33. The van der Waals surface area contributed by atoms with Crippen LogP contribution in [-0.2, 0) is 6.54 Å². The largest absolute Gasteiger partial charge is 0.331 e. The van der Waals surface area contributed by atoms with Crippen molar-refractivity contribution < 1.29 is 0 Å². The highest BCUT2D eigenvalue weighted by atomic mass is 15.2. The molecule has 0 aliphatic rings. The zero-order valence-electron chi connectivity index (χ0n) is 12.8. The smallest absolute Gasteiger partial charge is 0.0951 e. The monoisotopic (exact) mass is 251 g/mol. The fourth-order valence-electron chi connectivity index (χ4n) is 2.39. The lowest BCUT2D eigenvalue weighted by Crippen LogP contribution is -2.31. The van der Waals surface area contributed by atoms with Gasteiger partial charge in [-0.2, -0.15) is 0 Å². The van der Waals surface area contributed by atoms with Gasteiger partial charge in [0.2, 0.25) is 0 Å². The SMILES string of the molecule is CC(C)CN(Cc1cncn1C(C)C)CC(C)C. The summed E-state index contributed by atoms with van der Waals surface area (Å²) in [6.45, 7) is 16.9. The highest BCUT2D eigenvalue weighted by molar-refractivity contribution is 4.99. The fourth-order valence-corrected chi connectivity index (χ4v) is 2.39. The van der Waals surface area contributed by atoms with E-state index in [0.717, 1.165) is 19.6 Å². The van der Waals surface area contributed by atoms with E-state index < -0.39 is 0 Å². The summed E-state index contributed by atoms with van der Waals surface area (Å²) in [6, 6.07) is 0.488. The van der Waals surface area contributed by atoms with Crippen LogP contribution in [0.25, 0.3) is 0 Å². The highest BCUT2D eigenvalue weighted by Gasteiger charge is 2.13. The van der Waals surface area contributed by atoms with Crippen LogP contribution in [0, 0.1) is 11.8 Å². The molecule has 0 N–H and O–H groups in total. The van der Waals surface area contributed by atoms with Gasteiger partial charge >= 0.3 is 0 Å².